The van der Waals surface area contributed by atoms with E-state index in [0.29, 0.717) is 5.75 Å². The van der Waals surface area contributed by atoms with E-state index in [0.717, 1.165) is 36.8 Å². The maximum atomic E-state index is 9.82. The van der Waals surface area contributed by atoms with Gasteiger partial charge >= 0.3 is 32.7 Å². The van der Waals surface area contributed by atoms with Crippen molar-refractivity contribution < 1.29 is 37.8 Å². The molecule has 1 N–H and O–H groups in total. The van der Waals surface area contributed by atoms with Crippen molar-refractivity contribution in [1.82, 2.24) is 0 Å². The fraction of sp³-hybridized carbons (Fsp3) is 0.500. The molecule has 0 saturated heterocycles. The molecule has 0 aliphatic heterocycles. The number of phenolic OH excluding ortho intramolecular Hbond substituents is 1. The Kier molecular flexibility index (Phi) is 7.49. The Morgan fingerprint density at radius 3 is 2.43 bits per heavy atom. The van der Waals surface area contributed by atoms with E-state index in [4.69, 9.17) is 0 Å². The van der Waals surface area contributed by atoms with Crippen molar-refractivity contribution in [3.05, 3.63) is 29.3 Å². The van der Waals surface area contributed by atoms with Crippen molar-refractivity contribution in [2.75, 3.05) is 0 Å². The van der Waals surface area contributed by atoms with E-state index in [1.54, 1.807) is 0 Å². The van der Waals surface area contributed by atoms with Gasteiger partial charge in [-0.3, -0.25) is 0 Å². The summed E-state index contributed by atoms with van der Waals surface area (Å²) in [5.74, 6) is 0.464. The Morgan fingerprint density at radius 1 is 1.21 bits per heavy atom. The van der Waals surface area contributed by atoms with Crippen LogP contribution in [0, 0.1) is 6.07 Å². The van der Waals surface area contributed by atoms with Gasteiger partial charge in [0.2, 0.25) is 0 Å². The summed E-state index contributed by atoms with van der Waals surface area (Å²) in [6.07, 6.45) is 4.00. The molecule has 0 aliphatic rings. The second kappa shape index (κ2) is 7.42. The summed E-state index contributed by atoms with van der Waals surface area (Å²) >= 11 is 0. The molecule has 0 radical (unpaired) electrons. The van der Waals surface area contributed by atoms with E-state index in [-0.39, 0.29) is 32.7 Å². The molecule has 0 heterocycles. The predicted octanol–water partition coefficient (Wildman–Crippen LogP) is 3.09. The summed E-state index contributed by atoms with van der Waals surface area (Å²) in [5, 5.41) is 9.82. The molecule has 0 aromatic heterocycles. The van der Waals surface area contributed by atoms with Crippen LogP contribution in [0.4, 0.5) is 0 Å². The molecule has 0 aliphatic carbocycles. The van der Waals surface area contributed by atoms with Gasteiger partial charge in [0.1, 0.15) is 0 Å². The molecule has 1 aromatic rings. The van der Waals surface area contributed by atoms with Gasteiger partial charge in [0.15, 0.2) is 0 Å². The number of rotatable bonds is 4. The molecule has 1 nitrogen and oxygen atoms in total. The van der Waals surface area contributed by atoms with Gasteiger partial charge in [0, 0.05) is 5.75 Å². The van der Waals surface area contributed by atoms with E-state index in [9.17, 15) is 5.11 Å². The van der Waals surface area contributed by atoms with Crippen molar-refractivity contribution in [2.24, 2.45) is 0 Å². The molecular weight excluding hydrogens is 249 g/mol. The second-order valence-electron chi connectivity index (χ2n) is 3.33. The summed E-state index contributed by atoms with van der Waals surface area (Å²) in [7, 11) is 0. The summed E-state index contributed by atoms with van der Waals surface area (Å²) in [4.78, 5) is 0. The Balaban J connectivity index is 0.00000169. The maximum absolute atomic E-state index is 9.82. The van der Waals surface area contributed by atoms with Gasteiger partial charge in [-0.15, -0.1) is 11.1 Å². The third kappa shape index (κ3) is 3.70. The second-order valence-corrected chi connectivity index (χ2v) is 3.33. The van der Waals surface area contributed by atoms with Crippen LogP contribution in [0.1, 0.15) is 37.8 Å². The molecule has 1 rings (SSSR count). The largest absolute Gasteiger partial charge is 3.00 e. The molecule has 0 bridgehead atoms. The third-order valence-corrected chi connectivity index (χ3v) is 2.15. The smallest absolute Gasteiger partial charge is 0.565 e. The average Bonchev–Trinajstić information content (AvgIpc) is 2.13. The summed E-state index contributed by atoms with van der Waals surface area (Å²) in [6.45, 7) is 4.23. The number of phenols is 1. The van der Waals surface area contributed by atoms with Gasteiger partial charge in [-0.2, -0.15) is 18.2 Å². The van der Waals surface area contributed by atoms with Crippen molar-refractivity contribution in [3.8, 4) is 5.75 Å². The first-order valence-corrected chi connectivity index (χ1v) is 5.01. The standard InChI is InChI=1S/C12H17O.Y/c1-3-6-10-8-5-9-11(7-4-2)12(10)13;/h5,8,13H,3-4,6-7H2,1-2H3;/q-1;+3. The van der Waals surface area contributed by atoms with E-state index in [1.165, 1.54) is 0 Å². The van der Waals surface area contributed by atoms with Gasteiger partial charge in [-0.1, -0.05) is 26.7 Å². The number of benzene rings is 1. The molecule has 0 unspecified atom stereocenters. The summed E-state index contributed by atoms with van der Waals surface area (Å²) in [5.41, 5.74) is 2.03. The number of aryl methyl sites for hydroxylation is 2. The zero-order valence-electron chi connectivity index (χ0n) is 9.01. The topological polar surface area (TPSA) is 20.2 Å². The van der Waals surface area contributed by atoms with Crippen LogP contribution in [-0.4, -0.2) is 5.11 Å². The fourth-order valence-corrected chi connectivity index (χ4v) is 1.50. The third-order valence-electron chi connectivity index (χ3n) is 2.15. The van der Waals surface area contributed by atoms with Crippen LogP contribution in [0.15, 0.2) is 12.1 Å². The van der Waals surface area contributed by atoms with E-state index in [1.807, 2.05) is 12.1 Å². The summed E-state index contributed by atoms with van der Waals surface area (Å²) < 4.78 is 0. The van der Waals surface area contributed by atoms with Crippen molar-refractivity contribution in [3.63, 3.8) is 0 Å². The molecule has 72 valence electrons. The van der Waals surface area contributed by atoms with Gasteiger partial charge in [0.05, 0.1) is 0 Å². The Morgan fingerprint density at radius 2 is 1.86 bits per heavy atom. The van der Waals surface area contributed by atoms with Gasteiger partial charge < -0.3 is 5.11 Å². The van der Waals surface area contributed by atoms with Crippen LogP contribution in [0.5, 0.6) is 5.75 Å². The van der Waals surface area contributed by atoms with Gasteiger partial charge in [0.25, 0.3) is 0 Å². The van der Waals surface area contributed by atoms with E-state index in [2.05, 4.69) is 19.9 Å². The van der Waals surface area contributed by atoms with Crippen molar-refractivity contribution >= 4 is 0 Å². The molecule has 2 heteroatoms. The first-order chi connectivity index (χ1) is 6.29. The first kappa shape index (κ1) is 14.1. The van der Waals surface area contributed by atoms with E-state index >= 15 is 0 Å². The number of aromatic hydroxyl groups is 1. The van der Waals surface area contributed by atoms with Gasteiger partial charge in [-0.25, -0.2) is 0 Å². The molecular formula is C12H17OY+2. The van der Waals surface area contributed by atoms with Crippen molar-refractivity contribution in [2.45, 2.75) is 39.5 Å². The molecule has 0 atom stereocenters. The molecule has 1 aromatic carbocycles. The molecule has 0 saturated carbocycles. The van der Waals surface area contributed by atoms with Crippen LogP contribution < -0.4 is 0 Å². The van der Waals surface area contributed by atoms with E-state index < -0.39 is 0 Å². The predicted molar refractivity (Wildman–Crippen MR) is 54.9 cm³/mol. The minimum atomic E-state index is 0. The first-order valence-electron chi connectivity index (χ1n) is 5.01. The average molecular weight is 266 g/mol. The SMILES string of the molecule is CCCc1[c-]ccc(CCC)c1O.[Y+3]. The van der Waals surface area contributed by atoms with Crippen LogP contribution in [-0.2, 0) is 45.6 Å². The normalized spacial score (nSPS) is 9.57. The Bertz CT molecular complexity index is 247. The Labute approximate surface area is 112 Å². The van der Waals surface area contributed by atoms with Gasteiger partial charge in [-0.05, 0) is 12.8 Å². The molecule has 0 fully saturated rings. The zero-order chi connectivity index (χ0) is 9.68. The maximum Gasteiger partial charge on any atom is 3.00 e. The van der Waals surface area contributed by atoms with Crippen molar-refractivity contribution in [1.29, 1.82) is 0 Å². The summed E-state index contributed by atoms with van der Waals surface area (Å²) in [6, 6.07) is 6.96. The fourth-order valence-electron chi connectivity index (χ4n) is 1.50. The monoisotopic (exact) mass is 266 g/mol. The van der Waals surface area contributed by atoms with Crippen LogP contribution >= 0.6 is 0 Å². The number of hydrogen-bond donors (Lipinski definition) is 1. The molecule has 0 amide bonds. The van der Waals surface area contributed by atoms with Crippen LogP contribution in [0.25, 0.3) is 0 Å². The minimum absolute atomic E-state index is 0. The van der Waals surface area contributed by atoms with Crippen LogP contribution in [0.2, 0.25) is 0 Å². The quantitative estimate of drug-likeness (QED) is 0.830. The van der Waals surface area contributed by atoms with Crippen LogP contribution in [0.3, 0.4) is 0 Å². The Hall–Kier alpha value is 0.124. The minimum Gasteiger partial charge on any atom is -0.565 e. The zero-order valence-corrected chi connectivity index (χ0v) is 11.8. The molecule has 0 spiro atoms. The molecule has 14 heavy (non-hydrogen) atoms. The number of hydrogen-bond acceptors (Lipinski definition) is 1.